The third-order valence-electron chi connectivity index (χ3n) is 3.47. The van der Waals surface area contributed by atoms with E-state index >= 15 is 0 Å². The number of halogens is 4. The van der Waals surface area contributed by atoms with E-state index in [1.54, 1.807) is 0 Å². The molecule has 0 unspecified atom stereocenters. The minimum atomic E-state index is -4.74. The number of carbonyl (C=O) groups excluding carboxylic acids is 1. The van der Waals surface area contributed by atoms with Crippen LogP contribution in [0.25, 0.3) is 11.1 Å². The maximum atomic E-state index is 14.1. The highest BCUT2D eigenvalue weighted by molar-refractivity contribution is 6.02. The van der Waals surface area contributed by atoms with E-state index in [-0.39, 0.29) is 41.1 Å². The normalized spacial score (nSPS) is 12.1. The Hall–Kier alpha value is -2.94. The van der Waals surface area contributed by atoms with Crippen LogP contribution in [0.3, 0.4) is 0 Å². The van der Waals surface area contributed by atoms with Gasteiger partial charge >= 0.3 is 6.18 Å². The van der Waals surface area contributed by atoms with E-state index < -0.39 is 17.6 Å². The summed E-state index contributed by atoms with van der Waals surface area (Å²) in [4.78, 5) is 10.4. The molecule has 2 rings (SSSR count). The third-order valence-corrected chi connectivity index (χ3v) is 3.47. The summed E-state index contributed by atoms with van der Waals surface area (Å²) in [5.74, 6) is -0.864. The van der Waals surface area contributed by atoms with Crippen molar-refractivity contribution in [2.45, 2.75) is 6.18 Å². The van der Waals surface area contributed by atoms with Crippen LogP contribution in [0.4, 0.5) is 23.2 Å². The highest BCUT2D eigenvalue weighted by atomic mass is 19.4. The largest absolute Gasteiger partial charge is 0.417 e. The zero-order chi connectivity index (χ0) is 19.3. The van der Waals surface area contributed by atoms with Crippen LogP contribution in [0.1, 0.15) is 11.1 Å². The van der Waals surface area contributed by atoms with Crippen LogP contribution in [-0.4, -0.2) is 25.8 Å². The highest BCUT2D eigenvalue weighted by Gasteiger charge is 2.35. The minimum Gasteiger partial charge on any atom is -0.399 e. The molecule has 0 radical (unpaired) electrons. The molecule has 2 aromatic rings. The van der Waals surface area contributed by atoms with Gasteiger partial charge in [0.15, 0.2) is 0 Å². The molecule has 0 atom stereocenters. The summed E-state index contributed by atoms with van der Waals surface area (Å²) in [6, 6.07) is 6.76. The first-order chi connectivity index (χ1) is 12.3. The maximum absolute atomic E-state index is 14.1. The van der Waals surface area contributed by atoms with Gasteiger partial charge in [-0.05, 0) is 29.8 Å². The van der Waals surface area contributed by atoms with Crippen molar-refractivity contribution in [3.05, 3.63) is 53.3 Å². The van der Waals surface area contributed by atoms with Gasteiger partial charge in [-0.3, -0.25) is 4.79 Å². The number of hydrogen-bond acceptors (Lipinski definition) is 4. The zero-order valence-corrected chi connectivity index (χ0v) is 13.6. The number of nitrogen functional groups attached to an aromatic ring is 1. The first-order valence-electron chi connectivity index (χ1n) is 7.29. The molecule has 0 bridgehead atoms. The first-order valence-corrected chi connectivity index (χ1v) is 7.29. The van der Waals surface area contributed by atoms with Crippen molar-refractivity contribution in [3.63, 3.8) is 0 Å². The molecule has 0 saturated carbocycles. The van der Waals surface area contributed by atoms with Crippen LogP contribution < -0.4 is 11.2 Å². The Balaban J connectivity index is 2.63. The Bertz CT molecular complexity index is 835. The lowest BCUT2D eigenvalue weighted by atomic mass is 9.95. The van der Waals surface area contributed by atoms with Gasteiger partial charge in [0, 0.05) is 23.9 Å². The number of amides is 1. The summed E-state index contributed by atoms with van der Waals surface area (Å²) in [6.45, 7) is -0.131. The molecule has 0 saturated heterocycles. The average molecular weight is 369 g/mol. The van der Waals surface area contributed by atoms with Crippen LogP contribution in [0.15, 0.2) is 41.5 Å². The fourth-order valence-corrected chi connectivity index (χ4v) is 2.36. The van der Waals surface area contributed by atoms with Crippen molar-refractivity contribution in [1.29, 1.82) is 0 Å². The molecular formula is C17H15F4N3O2. The second kappa shape index (κ2) is 7.96. The SMILES string of the molecule is COC/C(=N\NC=O)c1ccc(-c2ccc(N)cc2F)c(C(F)(F)F)c1. The van der Waals surface area contributed by atoms with Gasteiger partial charge in [-0.1, -0.05) is 12.1 Å². The fourth-order valence-electron chi connectivity index (χ4n) is 2.36. The van der Waals surface area contributed by atoms with Crippen LogP contribution in [0, 0.1) is 5.82 Å². The van der Waals surface area contributed by atoms with Crippen molar-refractivity contribution in [2.24, 2.45) is 5.10 Å². The Kier molecular flexibility index (Phi) is 5.93. The number of anilines is 1. The molecule has 0 aliphatic heterocycles. The number of hydrazone groups is 1. The molecule has 0 heterocycles. The van der Waals surface area contributed by atoms with E-state index in [9.17, 15) is 22.4 Å². The molecule has 0 aromatic heterocycles. The minimum absolute atomic E-state index is 0.0770. The molecule has 2 aromatic carbocycles. The van der Waals surface area contributed by atoms with Crippen molar-refractivity contribution in [3.8, 4) is 11.1 Å². The summed E-state index contributed by atoms with van der Waals surface area (Å²) in [6.07, 6.45) is -4.46. The standard InChI is InChI=1S/C17H15F4N3O2/c1-26-8-16(24-23-9-25)10-2-4-12(14(6-10)17(19,20)21)13-5-3-11(22)7-15(13)18/h2-7,9H,8,22H2,1H3,(H,23,25)/b24-16+. The predicted octanol–water partition coefficient (Wildman–Crippen LogP) is 3.19. The predicted molar refractivity (Wildman–Crippen MR) is 88.9 cm³/mol. The van der Waals surface area contributed by atoms with Gasteiger partial charge in [0.25, 0.3) is 0 Å². The van der Waals surface area contributed by atoms with Crippen LogP contribution in [-0.2, 0) is 15.7 Å². The lowest BCUT2D eigenvalue weighted by Gasteiger charge is -2.16. The monoisotopic (exact) mass is 369 g/mol. The van der Waals surface area contributed by atoms with E-state index in [0.29, 0.717) is 0 Å². The molecule has 0 spiro atoms. The highest BCUT2D eigenvalue weighted by Crippen LogP contribution is 2.39. The Morgan fingerprint density at radius 3 is 2.50 bits per heavy atom. The second-order valence-corrected chi connectivity index (χ2v) is 5.24. The molecule has 0 aliphatic carbocycles. The van der Waals surface area contributed by atoms with Gasteiger partial charge in [0.1, 0.15) is 5.82 Å². The van der Waals surface area contributed by atoms with Crippen LogP contribution in [0.5, 0.6) is 0 Å². The summed E-state index contributed by atoms with van der Waals surface area (Å²) in [5.41, 5.74) is 6.12. The van der Waals surface area contributed by atoms with E-state index in [1.807, 2.05) is 5.43 Å². The van der Waals surface area contributed by atoms with E-state index in [1.165, 1.54) is 25.3 Å². The third kappa shape index (κ3) is 4.37. The van der Waals surface area contributed by atoms with Gasteiger partial charge in [0.05, 0.1) is 17.9 Å². The number of methoxy groups -OCH3 is 1. The fraction of sp³-hybridized carbons (Fsp3) is 0.176. The lowest BCUT2D eigenvalue weighted by Crippen LogP contribution is -2.16. The van der Waals surface area contributed by atoms with E-state index in [4.69, 9.17) is 10.5 Å². The molecule has 3 N–H and O–H groups in total. The summed E-state index contributed by atoms with van der Waals surface area (Å²) < 4.78 is 59.6. The number of hydrogen-bond donors (Lipinski definition) is 2. The first kappa shape index (κ1) is 19.4. The Labute approximate surface area is 146 Å². The van der Waals surface area contributed by atoms with E-state index in [2.05, 4.69) is 5.10 Å². The molecule has 0 fully saturated rings. The molecule has 1 amide bonds. The van der Waals surface area contributed by atoms with Gasteiger partial charge in [-0.2, -0.15) is 18.3 Å². The molecule has 26 heavy (non-hydrogen) atoms. The Morgan fingerprint density at radius 1 is 1.23 bits per heavy atom. The molecule has 5 nitrogen and oxygen atoms in total. The van der Waals surface area contributed by atoms with Crippen LogP contribution >= 0.6 is 0 Å². The van der Waals surface area contributed by atoms with Gasteiger partial charge in [0.2, 0.25) is 6.41 Å². The summed E-state index contributed by atoms with van der Waals surface area (Å²) in [7, 11) is 1.33. The number of ether oxygens (including phenoxy) is 1. The average Bonchev–Trinajstić information content (AvgIpc) is 2.57. The summed E-state index contributed by atoms with van der Waals surface area (Å²) >= 11 is 0. The Morgan fingerprint density at radius 2 is 1.92 bits per heavy atom. The number of alkyl halides is 3. The molecule has 9 heteroatoms. The van der Waals surface area contributed by atoms with Crippen molar-refractivity contribution >= 4 is 17.8 Å². The molecule has 138 valence electrons. The number of carbonyl (C=O) groups is 1. The summed E-state index contributed by atoms with van der Waals surface area (Å²) in [5, 5.41) is 3.67. The topological polar surface area (TPSA) is 76.7 Å². The van der Waals surface area contributed by atoms with Gasteiger partial charge in [-0.15, -0.1) is 0 Å². The van der Waals surface area contributed by atoms with Crippen molar-refractivity contribution in [1.82, 2.24) is 5.43 Å². The second-order valence-electron chi connectivity index (χ2n) is 5.24. The van der Waals surface area contributed by atoms with E-state index in [0.717, 1.165) is 18.2 Å². The lowest BCUT2D eigenvalue weighted by molar-refractivity contribution is -0.137. The number of nitrogens with two attached hydrogens (primary N) is 1. The number of nitrogens with one attached hydrogen (secondary N) is 1. The van der Waals surface area contributed by atoms with Gasteiger partial charge < -0.3 is 10.5 Å². The van der Waals surface area contributed by atoms with Crippen molar-refractivity contribution < 1.29 is 27.1 Å². The van der Waals surface area contributed by atoms with Crippen LogP contribution in [0.2, 0.25) is 0 Å². The zero-order valence-electron chi connectivity index (χ0n) is 13.6. The number of benzene rings is 2. The maximum Gasteiger partial charge on any atom is 0.417 e. The quantitative estimate of drug-likeness (QED) is 0.270. The van der Waals surface area contributed by atoms with Gasteiger partial charge in [-0.25, -0.2) is 9.82 Å². The number of nitrogens with zero attached hydrogens (tertiary/aromatic N) is 1. The molecular weight excluding hydrogens is 354 g/mol. The van der Waals surface area contributed by atoms with Crippen molar-refractivity contribution in [2.75, 3.05) is 19.5 Å². The number of rotatable bonds is 6. The smallest absolute Gasteiger partial charge is 0.399 e. The molecule has 0 aliphatic rings.